The van der Waals surface area contributed by atoms with E-state index < -0.39 is 0 Å². The molecule has 2 aromatic rings. The van der Waals surface area contributed by atoms with Crippen LogP contribution in [0.25, 0.3) is 0 Å². The molecule has 0 bridgehead atoms. The molecule has 1 N–H and O–H groups in total. The molecule has 0 atom stereocenters. The number of nitrogens with zero attached hydrogens (tertiary/aromatic N) is 3. The van der Waals surface area contributed by atoms with Crippen LogP contribution in [-0.4, -0.2) is 58.0 Å². The predicted molar refractivity (Wildman–Crippen MR) is 87.6 cm³/mol. The molecular formula is C17H22N4O3. The van der Waals surface area contributed by atoms with Crippen molar-refractivity contribution < 1.29 is 14.0 Å². The van der Waals surface area contributed by atoms with Gasteiger partial charge in [-0.1, -0.05) is 0 Å². The number of aromatic nitrogens is 2. The number of hydrogen-bond donors (Lipinski definition) is 1. The molecule has 1 aliphatic heterocycles. The van der Waals surface area contributed by atoms with E-state index in [2.05, 4.69) is 10.2 Å². The highest BCUT2D eigenvalue weighted by Gasteiger charge is 2.26. The lowest BCUT2D eigenvalue weighted by Crippen LogP contribution is -2.50. The summed E-state index contributed by atoms with van der Waals surface area (Å²) >= 11 is 0. The van der Waals surface area contributed by atoms with Crippen LogP contribution in [0.3, 0.4) is 0 Å². The van der Waals surface area contributed by atoms with Crippen molar-refractivity contribution in [3.8, 4) is 0 Å². The van der Waals surface area contributed by atoms with Crippen molar-refractivity contribution in [3.63, 3.8) is 0 Å². The number of carbonyl (C=O) groups is 2. The smallest absolute Gasteiger partial charge is 0.289 e. The van der Waals surface area contributed by atoms with E-state index in [0.29, 0.717) is 44.8 Å². The minimum atomic E-state index is -0.114. The minimum absolute atomic E-state index is 0.114. The lowest BCUT2D eigenvalue weighted by molar-refractivity contribution is -0.132. The van der Waals surface area contributed by atoms with E-state index in [4.69, 9.17) is 4.42 Å². The highest BCUT2D eigenvalue weighted by Crippen LogP contribution is 2.14. The van der Waals surface area contributed by atoms with Gasteiger partial charge in [0, 0.05) is 38.3 Å². The third-order valence-corrected chi connectivity index (χ3v) is 4.52. The van der Waals surface area contributed by atoms with E-state index in [9.17, 15) is 9.59 Å². The maximum Gasteiger partial charge on any atom is 0.289 e. The van der Waals surface area contributed by atoms with Crippen LogP contribution in [0.5, 0.6) is 0 Å². The Hall–Kier alpha value is -2.57. The number of aromatic amines is 1. The van der Waals surface area contributed by atoms with Crippen LogP contribution in [0.1, 0.15) is 33.9 Å². The Bertz CT molecular complexity index is 693. The molecule has 0 spiro atoms. The van der Waals surface area contributed by atoms with Crippen LogP contribution in [0.4, 0.5) is 0 Å². The van der Waals surface area contributed by atoms with Crippen molar-refractivity contribution in [2.24, 2.45) is 0 Å². The van der Waals surface area contributed by atoms with Gasteiger partial charge in [0.2, 0.25) is 5.91 Å². The standard InChI is InChI=1S/C17H22N4O3/c1-12-14(13(2)19-18-12)5-6-16(22)20-7-9-21(10-8-20)17(23)15-4-3-11-24-15/h3-4,11H,5-10H2,1-2H3,(H,18,19). The van der Waals surface area contributed by atoms with E-state index in [-0.39, 0.29) is 11.8 Å². The molecule has 1 fully saturated rings. The van der Waals surface area contributed by atoms with Gasteiger partial charge in [-0.05, 0) is 38.0 Å². The van der Waals surface area contributed by atoms with Gasteiger partial charge in [0.25, 0.3) is 5.91 Å². The van der Waals surface area contributed by atoms with Crippen LogP contribution >= 0.6 is 0 Å². The normalized spacial score (nSPS) is 14.9. The molecule has 3 rings (SSSR count). The van der Waals surface area contributed by atoms with Crippen LogP contribution in [-0.2, 0) is 11.2 Å². The summed E-state index contributed by atoms with van der Waals surface area (Å²) in [4.78, 5) is 28.2. The highest BCUT2D eigenvalue weighted by atomic mass is 16.3. The summed E-state index contributed by atoms with van der Waals surface area (Å²) < 4.78 is 5.14. The molecule has 0 unspecified atom stereocenters. The predicted octanol–water partition coefficient (Wildman–Crippen LogP) is 1.54. The Balaban J connectivity index is 1.49. The van der Waals surface area contributed by atoms with Gasteiger partial charge in [0.15, 0.2) is 5.76 Å². The highest BCUT2D eigenvalue weighted by molar-refractivity contribution is 5.91. The molecule has 0 radical (unpaired) electrons. The fraction of sp³-hybridized carbons (Fsp3) is 0.471. The van der Waals surface area contributed by atoms with Crippen molar-refractivity contribution in [3.05, 3.63) is 41.1 Å². The Kier molecular flexibility index (Phi) is 4.69. The molecule has 24 heavy (non-hydrogen) atoms. The number of hydrogen-bond acceptors (Lipinski definition) is 4. The molecule has 2 amide bonds. The average Bonchev–Trinajstić information content (AvgIpc) is 3.23. The van der Waals surface area contributed by atoms with E-state index in [1.165, 1.54) is 6.26 Å². The number of piperazine rings is 1. The van der Waals surface area contributed by atoms with Gasteiger partial charge in [-0.2, -0.15) is 5.10 Å². The Labute approximate surface area is 140 Å². The maximum absolute atomic E-state index is 12.4. The first-order valence-corrected chi connectivity index (χ1v) is 8.17. The molecule has 1 saturated heterocycles. The molecule has 0 aliphatic carbocycles. The number of H-pyrrole nitrogens is 1. The second-order valence-corrected chi connectivity index (χ2v) is 6.06. The van der Waals surface area contributed by atoms with Crippen LogP contribution in [0.15, 0.2) is 22.8 Å². The molecule has 7 nitrogen and oxygen atoms in total. The third kappa shape index (κ3) is 3.34. The number of furan rings is 1. The van der Waals surface area contributed by atoms with Gasteiger partial charge in [-0.15, -0.1) is 0 Å². The summed E-state index contributed by atoms with van der Waals surface area (Å²) in [7, 11) is 0. The molecular weight excluding hydrogens is 308 g/mol. The van der Waals surface area contributed by atoms with Gasteiger partial charge < -0.3 is 14.2 Å². The SMILES string of the molecule is Cc1n[nH]c(C)c1CCC(=O)N1CCN(C(=O)c2ccco2)CC1. The van der Waals surface area contributed by atoms with E-state index in [1.807, 2.05) is 18.7 Å². The topological polar surface area (TPSA) is 82.4 Å². The summed E-state index contributed by atoms with van der Waals surface area (Å²) in [6.45, 7) is 6.12. The van der Waals surface area contributed by atoms with Crippen molar-refractivity contribution in [2.75, 3.05) is 26.2 Å². The minimum Gasteiger partial charge on any atom is -0.459 e. The van der Waals surface area contributed by atoms with Crippen LogP contribution in [0, 0.1) is 13.8 Å². The van der Waals surface area contributed by atoms with Gasteiger partial charge in [0.05, 0.1) is 12.0 Å². The molecule has 0 saturated carbocycles. The first-order valence-electron chi connectivity index (χ1n) is 8.17. The molecule has 0 aromatic carbocycles. The fourth-order valence-electron chi connectivity index (χ4n) is 3.05. The zero-order valence-electron chi connectivity index (χ0n) is 14.0. The van der Waals surface area contributed by atoms with Crippen LogP contribution < -0.4 is 0 Å². The molecule has 2 aromatic heterocycles. The summed E-state index contributed by atoms with van der Waals surface area (Å²) in [5.74, 6) is 0.359. The first-order chi connectivity index (χ1) is 11.6. The maximum atomic E-state index is 12.4. The quantitative estimate of drug-likeness (QED) is 0.922. The van der Waals surface area contributed by atoms with Crippen molar-refractivity contribution >= 4 is 11.8 Å². The monoisotopic (exact) mass is 330 g/mol. The van der Waals surface area contributed by atoms with Crippen molar-refractivity contribution in [2.45, 2.75) is 26.7 Å². The Morgan fingerprint density at radius 1 is 1.21 bits per heavy atom. The van der Waals surface area contributed by atoms with Gasteiger partial charge in [-0.3, -0.25) is 14.7 Å². The van der Waals surface area contributed by atoms with Crippen LogP contribution in [0.2, 0.25) is 0 Å². The molecule has 1 aliphatic rings. The summed E-state index contributed by atoms with van der Waals surface area (Å²) in [6, 6.07) is 3.36. The first kappa shape index (κ1) is 16.3. The summed E-state index contributed by atoms with van der Waals surface area (Å²) in [6.07, 6.45) is 2.65. The van der Waals surface area contributed by atoms with E-state index in [1.54, 1.807) is 17.0 Å². The lowest BCUT2D eigenvalue weighted by atomic mass is 10.1. The Morgan fingerprint density at radius 3 is 2.50 bits per heavy atom. The number of amides is 2. The second kappa shape index (κ2) is 6.90. The summed E-state index contributed by atoms with van der Waals surface area (Å²) in [5.41, 5.74) is 3.10. The van der Waals surface area contributed by atoms with Gasteiger partial charge >= 0.3 is 0 Å². The second-order valence-electron chi connectivity index (χ2n) is 6.06. The lowest BCUT2D eigenvalue weighted by Gasteiger charge is -2.34. The molecule has 128 valence electrons. The van der Waals surface area contributed by atoms with Crippen molar-refractivity contribution in [1.82, 2.24) is 20.0 Å². The largest absolute Gasteiger partial charge is 0.459 e. The zero-order valence-corrected chi connectivity index (χ0v) is 14.0. The number of carbonyl (C=O) groups excluding carboxylic acids is 2. The van der Waals surface area contributed by atoms with Gasteiger partial charge in [0.1, 0.15) is 0 Å². The third-order valence-electron chi connectivity index (χ3n) is 4.52. The van der Waals surface area contributed by atoms with Gasteiger partial charge in [-0.25, -0.2) is 0 Å². The van der Waals surface area contributed by atoms with Crippen molar-refractivity contribution in [1.29, 1.82) is 0 Å². The van der Waals surface area contributed by atoms with E-state index in [0.717, 1.165) is 17.0 Å². The number of rotatable bonds is 4. The number of nitrogens with one attached hydrogen (secondary N) is 1. The number of aryl methyl sites for hydroxylation is 2. The summed E-state index contributed by atoms with van der Waals surface area (Å²) in [5, 5.41) is 7.10. The Morgan fingerprint density at radius 2 is 1.92 bits per heavy atom. The fourth-order valence-corrected chi connectivity index (χ4v) is 3.05. The molecule has 7 heteroatoms. The molecule has 3 heterocycles. The zero-order chi connectivity index (χ0) is 17.1. The average molecular weight is 330 g/mol. The van der Waals surface area contributed by atoms with E-state index >= 15 is 0 Å².